The fourth-order valence-corrected chi connectivity index (χ4v) is 17.4. The van der Waals surface area contributed by atoms with E-state index in [1.54, 1.807) is 0 Å². The van der Waals surface area contributed by atoms with E-state index >= 15 is 0 Å². The SMILES string of the molecule is CCCCCCCCCCCCC/C=C/[C@H]1[O][Sn]([CH2]CCC)([CH2]CCC)[O][CH+][C@@H]1NC(=O)CCCCCCCCCCCCCCC. The molecule has 47 heavy (non-hydrogen) atoms. The minimum Gasteiger partial charge on any atom is -0.0654 e. The number of hydrogen-bond donors (Lipinski definition) is 1. The second-order valence-corrected chi connectivity index (χ2v) is 24.2. The van der Waals surface area contributed by atoms with Gasteiger partial charge in [-0.15, -0.1) is 0 Å². The average Bonchev–Trinajstić information content (AvgIpc) is 3.08. The van der Waals surface area contributed by atoms with Crippen molar-refractivity contribution in [1.82, 2.24) is 5.32 Å². The van der Waals surface area contributed by atoms with E-state index in [4.69, 9.17) is 6.15 Å². The molecule has 0 unspecified atom stereocenters. The number of allylic oxidation sites excluding steroid dienone is 1. The quantitative estimate of drug-likeness (QED) is 0.0307. The smallest absolute Gasteiger partial charge is 0.0654 e. The minimum absolute atomic E-state index is 0.0726. The fraction of sp³-hybridized carbons (Fsp3) is 0.905. The number of nitrogens with one attached hydrogen (secondary N) is 1. The predicted molar refractivity (Wildman–Crippen MR) is 208 cm³/mol. The Kier molecular flexibility index (Phi) is 31.4. The molecule has 0 aliphatic carbocycles. The van der Waals surface area contributed by atoms with Gasteiger partial charge in [-0.05, 0) is 0 Å². The van der Waals surface area contributed by atoms with Crippen molar-refractivity contribution in [3.63, 3.8) is 0 Å². The Morgan fingerprint density at radius 3 is 1.43 bits per heavy atom. The van der Waals surface area contributed by atoms with Crippen LogP contribution < -0.4 is 5.32 Å². The molecular weight excluding hydrogens is 685 g/mol. The summed E-state index contributed by atoms with van der Waals surface area (Å²) in [6, 6.07) is -0.175. The van der Waals surface area contributed by atoms with Crippen LogP contribution in [0.15, 0.2) is 12.2 Å². The van der Waals surface area contributed by atoms with Gasteiger partial charge in [-0.25, -0.2) is 0 Å². The van der Waals surface area contributed by atoms with Crippen LogP contribution in [0.3, 0.4) is 0 Å². The molecule has 2 atom stereocenters. The van der Waals surface area contributed by atoms with Crippen LogP contribution >= 0.6 is 0 Å². The van der Waals surface area contributed by atoms with Crippen molar-refractivity contribution < 1.29 is 10.9 Å². The molecule has 1 heterocycles. The van der Waals surface area contributed by atoms with Gasteiger partial charge >= 0.3 is 217 Å². The summed E-state index contributed by atoms with van der Waals surface area (Å²) < 4.78 is 15.8. The van der Waals surface area contributed by atoms with Crippen molar-refractivity contribution >= 4 is 25.1 Å². The molecule has 1 saturated heterocycles. The zero-order valence-corrected chi connectivity index (χ0v) is 35.1. The number of amides is 1. The Morgan fingerprint density at radius 2 is 0.979 bits per heavy atom. The molecule has 1 rings (SSSR count). The Labute approximate surface area is 300 Å². The van der Waals surface area contributed by atoms with Gasteiger partial charge in [0.15, 0.2) is 0 Å². The number of rotatable bonds is 34. The molecule has 0 aromatic heterocycles. The van der Waals surface area contributed by atoms with Crippen molar-refractivity contribution in [2.45, 2.75) is 241 Å². The van der Waals surface area contributed by atoms with E-state index in [0.717, 1.165) is 28.1 Å². The van der Waals surface area contributed by atoms with E-state index < -0.39 is 19.2 Å². The Bertz CT molecular complexity index is 706. The summed E-state index contributed by atoms with van der Waals surface area (Å²) in [5, 5.41) is 3.30. The van der Waals surface area contributed by atoms with E-state index in [1.807, 2.05) is 6.61 Å². The second-order valence-electron chi connectivity index (χ2n) is 14.8. The van der Waals surface area contributed by atoms with Crippen molar-refractivity contribution in [2.24, 2.45) is 0 Å². The molecule has 4 nitrogen and oxygen atoms in total. The van der Waals surface area contributed by atoms with Crippen LogP contribution in [0.1, 0.15) is 220 Å². The Balaban J connectivity index is 2.40. The van der Waals surface area contributed by atoms with E-state index in [2.05, 4.69) is 45.2 Å². The number of hydrogen-bond acceptors (Lipinski definition) is 3. The summed E-state index contributed by atoms with van der Waals surface area (Å²) in [5.41, 5.74) is 0. The van der Waals surface area contributed by atoms with E-state index in [9.17, 15) is 4.79 Å². The van der Waals surface area contributed by atoms with Crippen molar-refractivity contribution in [1.29, 1.82) is 0 Å². The van der Waals surface area contributed by atoms with Crippen LogP contribution in [0.25, 0.3) is 0 Å². The number of carbonyl (C=O) groups is 1. The molecule has 0 aromatic carbocycles. The molecule has 0 bridgehead atoms. The summed E-state index contributed by atoms with van der Waals surface area (Å²) in [6.07, 6.45) is 43.3. The molecule has 1 amide bonds. The minimum atomic E-state index is -3.20. The Morgan fingerprint density at radius 1 is 0.574 bits per heavy atom. The summed E-state index contributed by atoms with van der Waals surface area (Å²) in [7, 11) is 0. The van der Waals surface area contributed by atoms with Crippen molar-refractivity contribution in [2.75, 3.05) is 0 Å². The Hall–Kier alpha value is -0.201. The van der Waals surface area contributed by atoms with Crippen molar-refractivity contribution in [3.05, 3.63) is 18.8 Å². The fourth-order valence-electron chi connectivity index (χ4n) is 6.87. The van der Waals surface area contributed by atoms with E-state index in [-0.39, 0.29) is 18.1 Å². The number of unbranched alkanes of at least 4 members (excludes halogenated alkanes) is 25. The van der Waals surface area contributed by atoms with Gasteiger partial charge in [0, 0.05) is 0 Å². The van der Waals surface area contributed by atoms with Gasteiger partial charge in [-0.2, -0.15) is 0 Å². The van der Waals surface area contributed by atoms with Crippen LogP contribution in [0, 0.1) is 6.61 Å². The van der Waals surface area contributed by atoms with Gasteiger partial charge in [0.2, 0.25) is 0 Å². The second kappa shape index (κ2) is 33.0. The average molecular weight is 768 g/mol. The van der Waals surface area contributed by atoms with Gasteiger partial charge in [0.1, 0.15) is 0 Å². The maximum atomic E-state index is 13.0. The molecule has 0 radical (unpaired) electrons. The molecule has 5 heteroatoms. The van der Waals surface area contributed by atoms with Gasteiger partial charge in [0.05, 0.1) is 0 Å². The standard InChI is InChI=1S/C34H64NO3.2C4H9.Sn/c1-3-5-7-9-11-13-15-17-19-21-23-25-27-29-33(37)32(31-36)35-34(38)30-28-26-24-22-20-18-16-14-12-10-8-6-4-2;2*1-3-4-2;/h27,29,31-33H,3-26,28,30H2,1-2H3,(H,35,38);2*1,3-4H2,2H3;/q-1;;;+2/b29-27+;;;/t32-,33+;;;/m0.../s1. The monoisotopic (exact) mass is 769 g/mol. The van der Waals surface area contributed by atoms with E-state index in [0.29, 0.717) is 6.42 Å². The van der Waals surface area contributed by atoms with Gasteiger partial charge in [0.25, 0.3) is 0 Å². The molecule has 0 saturated carbocycles. The first kappa shape index (κ1) is 44.8. The first-order valence-electron chi connectivity index (χ1n) is 21.3. The molecule has 1 aliphatic rings. The molecule has 1 fully saturated rings. The van der Waals surface area contributed by atoms with Gasteiger partial charge in [-0.1, -0.05) is 84.5 Å². The van der Waals surface area contributed by atoms with Crippen LogP contribution in [0.5, 0.6) is 0 Å². The molecule has 0 aromatic rings. The topological polar surface area (TPSA) is 47.6 Å². The van der Waals surface area contributed by atoms with E-state index in [1.165, 1.54) is 167 Å². The summed E-state index contributed by atoms with van der Waals surface area (Å²) in [4.78, 5) is 13.0. The molecular formula is C42H82NO3Sn+. The summed E-state index contributed by atoms with van der Waals surface area (Å²) in [6.45, 7) is 11.1. The predicted octanol–water partition coefficient (Wildman–Crippen LogP) is 13.8. The normalized spacial score (nSPS) is 17.7. The van der Waals surface area contributed by atoms with Gasteiger partial charge in [-0.3, -0.25) is 0 Å². The zero-order chi connectivity index (χ0) is 34.1. The van der Waals surface area contributed by atoms with Crippen LogP contribution in [-0.2, 0) is 10.9 Å². The third-order valence-corrected chi connectivity index (χ3v) is 20.1. The zero-order valence-electron chi connectivity index (χ0n) is 32.2. The first-order chi connectivity index (χ1) is 23.1. The van der Waals surface area contributed by atoms with Gasteiger partial charge < -0.3 is 0 Å². The maximum absolute atomic E-state index is 13.0. The molecule has 276 valence electrons. The third kappa shape index (κ3) is 25.4. The summed E-state index contributed by atoms with van der Waals surface area (Å²) >= 11 is -3.20. The summed E-state index contributed by atoms with van der Waals surface area (Å²) in [5.74, 6) is 0.148. The molecule has 1 aliphatic heterocycles. The number of carbonyl (C=O) groups excluding carboxylic acids is 1. The van der Waals surface area contributed by atoms with Crippen LogP contribution in [0.2, 0.25) is 8.87 Å². The molecule has 0 spiro atoms. The first-order valence-corrected chi connectivity index (χ1v) is 27.6. The molecule has 1 N–H and O–H groups in total. The van der Waals surface area contributed by atoms with Crippen molar-refractivity contribution in [3.8, 4) is 0 Å². The van der Waals surface area contributed by atoms with Crippen LogP contribution in [0.4, 0.5) is 0 Å². The van der Waals surface area contributed by atoms with Crippen LogP contribution in [-0.4, -0.2) is 37.3 Å². The third-order valence-electron chi connectivity index (χ3n) is 10.1.